The van der Waals surface area contributed by atoms with Crippen LogP contribution in [0.4, 0.5) is 0 Å². The van der Waals surface area contributed by atoms with Crippen LogP contribution in [0, 0.1) is 0 Å². The maximum atomic E-state index is 10.1. The molecule has 0 aromatic carbocycles. The summed E-state index contributed by atoms with van der Waals surface area (Å²) < 4.78 is 1.55. The smallest absolute Gasteiger partial charge is 0.179 e. The molecule has 2 N–H and O–H groups in total. The fourth-order valence-corrected chi connectivity index (χ4v) is 1.54. The number of fused-ring (bicyclic) bond motifs is 1. The standard InChI is InChI=1S/C11H17N5O/c1-11(2,3)12-7-9(17)8-5-4-6-10-13-14-15-16(8)10/h4-6,9,12,17H,7H2,1-3H3. The van der Waals surface area contributed by atoms with Crippen molar-refractivity contribution in [3.8, 4) is 0 Å². The molecule has 2 aromatic rings. The van der Waals surface area contributed by atoms with Crippen molar-refractivity contribution in [2.75, 3.05) is 6.54 Å². The molecular weight excluding hydrogens is 218 g/mol. The molecule has 1 atom stereocenters. The second-order valence-corrected chi connectivity index (χ2v) is 5.05. The lowest BCUT2D eigenvalue weighted by atomic mass is 10.1. The summed E-state index contributed by atoms with van der Waals surface area (Å²) in [4.78, 5) is 0. The number of nitrogens with zero attached hydrogens (tertiary/aromatic N) is 4. The van der Waals surface area contributed by atoms with E-state index in [1.807, 2.05) is 12.1 Å². The van der Waals surface area contributed by atoms with Crippen LogP contribution in [0.25, 0.3) is 5.65 Å². The second kappa shape index (κ2) is 4.38. The third-order valence-corrected chi connectivity index (χ3v) is 2.42. The summed E-state index contributed by atoms with van der Waals surface area (Å²) in [7, 11) is 0. The van der Waals surface area contributed by atoms with Gasteiger partial charge in [0.2, 0.25) is 0 Å². The summed E-state index contributed by atoms with van der Waals surface area (Å²) in [6, 6.07) is 5.45. The number of tetrazole rings is 1. The largest absolute Gasteiger partial charge is 0.385 e. The molecule has 0 radical (unpaired) electrons. The molecule has 92 valence electrons. The third-order valence-electron chi connectivity index (χ3n) is 2.42. The van der Waals surface area contributed by atoms with Crippen LogP contribution in [0.15, 0.2) is 18.2 Å². The van der Waals surface area contributed by atoms with Gasteiger partial charge >= 0.3 is 0 Å². The average Bonchev–Trinajstić information content (AvgIpc) is 2.72. The molecule has 0 spiro atoms. The fraction of sp³-hybridized carbons (Fsp3) is 0.545. The third kappa shape index (κ3) is 2.78. The zero-order valence-electron chi connectivity index (χ0n) is 10.3. The van der Waals surface area contributed by atoms with Crippen LogP contribution in [0.1, 0.15) is 32.6 Å². The first-order valence-corrected chi connectivity index (χ1v) is 5.57. The monoisotopic (exact) mass is 235 g/mol. The van der Waals surface area contributed by atoms with Crippen molar-refractivity contribution in [2.45, 2.75) is 32.4 Å². The number of nitrogens with one attached hydrogen (secondary N) is 1. The Kier molecular flexibility index (Phi) is 3.08. The Morgan fingerprint density at radius 2 is 2.18 bits per heavy atom. The molecule has 6 heteroatoms. The van der Waals surface area contributed by atoms with Gasteiger partial charge in [0.1, 0.15) is 6.10 Å². The molecule has 0 aliphatic rings. The predicted octanol–water partition coefficient (Wildman–Crippen LogP) is 0.546. The highest BCUT2D eigenvalue weighted by Crippen LogP contribution is 2.13. The Morgan fingerprint density at radius 1 is 1.41 bits per heavy atom. The Bertz CT molecular complexity index is 502. The maximum Gasteiger partial charge on any atom is 0.179 e. The SMILES string of the molecule is CC(C)(C)NCC(O)c1cccc2nnnn12. The van der Waals surface area contributed by atoms with Crippen LogP contribution < -0.4 is 5.32 Å². The van der Waals surface area contributed by atoms with E-state index in [0.717, 1.165) is 0 Å². The van der Waals surface area contributed by atoms with Crippen LogP contribution >= 0.6 is 0 Å². The number of hydrogen-bond acceptors (Lipinski definition) is 5. The highest BCUT2D eigenvalue weighted by atomic mass is 16.3. The van der Waals surface area contributed by atoms with Crippen molar-refractivity contribution < 1.29 is 5.11 Å². The quantitative estimate of drug-likeness (QED) is 0.812. The first-order valence-electron chi connectivity index (χ1n) is 5.57. The highest BCUT2D eigenvalue weighted by molar-refractivity contribution is 5.36. The van der Waals surface area contributed by atoms with Crippen molar-refractivity contribution in [1.82, 2.24) is 25.4 Å². The minimum absolute atomic E-state index is 0.0322. The zero-order valence-corrected chi connectivity index (χ0v) is 10.3. The topological polar surface area (TPSA) is 75.3 Å². The Hall–Kier alpha value is -1.53. The van der Waals surface area contributed by atoms with Crippen LogP contribution in [0.5, 0.6) is 0 Å². The molecule has 0 saturated heterocycles. The van der Waals surface area contributed by atoms with Gasteiger partial charge in [0.15, 0.2) is 5.65 Å². The van der Waals surface area contributed by atoms with Gasteiger partial charge in [0.05, 0.1) is 5.69 Å². The molecular formula is C11H17N5O. The molecule has 17 heavy (non-hydrogen) atoms. The minimum Gasteiger partial charge on any atom is -0.385 e. The number of hydrogen-bond donors (Lipinski definition) is 2. The normalized spacial score (nSPS) is 14.1. The summed E-state index contributed by atoms with van der Waals surface area (Å²) >= 11 is 0. The molecule has 2 heterocycles. The lowest BCUT2D eigenvalue weighted by molar-refractivity contribution is 0.156. The van der Waals surface area contributed by atoms with Crippen molar-refractivity contribution >= 4 is 5.65 Å². The number of aliphatic hydroxyl groups is 1. The van der Waals surface area contributed by atoms with E-state index in [-0.39, 0.29) is 5.54 Å². The molecule has 1 unspecified atom stereocenters. The van der Waals surface area contributed by atoms with E-state index in [1.54, 1.807) is 10.6 Å². The highest BCUT2D eigenvalue weighted by Gasteiger charge is 2.16. The molecule has 0 aliphatic carbocycles. The number of aliphatic hydroxyl groups excluding tert-OH is 1. The lowest BCUT2D eigenvalue weighted by Gasteiger charge is -2.23. The number of rotatable bonds is 3. The van der Waals surface area contributed by atoms with E-state index in [4.69, 9.17) is 0 Å². The van der Waals surface area contributed by atoms with E-state index in [0.29, 0.717) is 17.9 Å². The molecule has 6 nitrogen and oxygen atoms in total. The van der Waals surface area contributed by atoms with Crippen molar-refractivity contribution in [3.05, 3.63) is 23.9 Å². The van der Waals surface area contributed by atoms with Gasteiger partial charge in [-0.2, -0.15) is 4.52 Å². The lowest BCUT2D eigenvalue weighted by Crippen LogP contribution is -2.38. The first kappa shape index (κ1) is 11.9. The van der Waals surface area contributed by atoms with Gasteiger partial charge < -0.3 is 10.4 Å². The Balaban J connectivity index is 2.19. The van der Waals surface area contributed by atoms with E-state index in [1.165, 1.54) is 0 Å². The van der Waals surface area contributed by atoms with Crippen molar-refractivity contribution in [3.63, 3.8) is 0 Å². The molecule has 0 bridgehead atoms. The summed E-state index contributed by atoms with van der Waals surface area (Å²) in [5.41, 5.74) is 1.29. The zero-order chi connectivity index (χ0) is 12.5. The first-order chi connectivity index (χ1) is 7.97. The minimum atomic E-state index is -0.638. The van der Waals surface area contributed by atoms with Gasteiger partial charge in [0.25, 0.3) is 0 Å². The summed E-state index contributed by atoms with van der Waals surface area (Å²) in [6.45, 7) is 6.62. The van der Waals surface area contributed by atoms with E-state index in [2.05, 4.69) is 41.6 Å². The summed E-state index contributed by atoms with van der Waals surface area (Å²) in [5.74, 6) is 0. The van der Waals surface area contributed by atoms with Gasteiger partial charge in [-0.15, -0.1) is 5.10 Å². The number of aromatic nitrogens is 4. The van der Waals surface area contributed by atoms with Gasteiger partial charge in [-0.3, -0.25) is 0 Å². The number of pyridine rings is 1. The van der Waals surface area contributed by atoms with Crippen LogP contribution in [0.2, 0.25) is 0 Å². The van der Waals surface area contributed by atoms with E-state index < -0.39 is 6.10 Å². The molecule has 0 fully saturated rings. The van der Waals surface area contributed by atoms with E-state index in [9.17, 15) is 5.11 Å². The van der Waals surface area contributed by atoms with Crippen molar-refractivity contribution in [1.29, 1.82) is 0 Å². The van der Waals surface area contributed by atoms with Crippen molar-refractivity contribution in [2.24, 2.45) is 0 Å². The van der Waals surface area contributed by atoms with Crippen LogP contribution in [-0.2, 0) is 0 Å². The van der Waals surface area contributed by atoms with E-state index >= 15 is 0 Å². The van der Waals surface area contributed by atoms with Gasteiger partial charge in [-0.25, -0.2) is 0 Å². The predicted molar refractivity (Wildman–Crippen MR) is 63.5 cm³/mol. The van der Waals surface area contributed by atoms with Gasteiger partial charge in [-0.1, -0.05) is 6.07 Å². The summed E-state index contributed by atoms with van der Waals surface area (Å²) in [5, 5.41) is 24.6. The second-order valence-electron chi connectivity index (χ2n) is 5.05. The fourth-order valence-electron chi connectivity index (χ4n) is 1.54. The average molecular weight is 235 g/mol. The Morgan fingerprint density at radius 3 is 2.88 bits per heavy atom. The maximum absolute atomic E-state index is 10.1. The molecule has 0 amide bonds. The molecule has 0 aliphatic heterocycles. The van der Waals surface area contributed by atoms with Crippen LogP contribution in [-0.4, -0.2) is 37.2 Å². The molecule has 2 aromatic heterocycles. The molecule has 0 saturated carbocycles. The molecule has 2 rings (SSSR count). The summed E-state index contributed by atoms with van der Waals surface area (Å²) in [6.07, 6.45) is -0.638. The van der Waals surface area contributed by atoms with Crippen LogP contribution in [0.3, 0.4) is 0 Å². The van der Waals surface area contributed by atoms with Gasteiger partial charge in [-0.05, 0) is 43.3 Å². The number of β-amino-alcohol motifs (C(OH)–C–C–N with tert-alkyl or cyclic N) is 1. The van der Waals surface area contributed by atoms with Gasteiger partial charge in [0, 0.05) is 12.1 Å². The Labute approximate surface area is 99.6 Å².